The summed E-state index contributed by atoms with van der Waals surface area (Å²) in [5, 5.41) is 3.63. The number of anilines is 3. The Morgan fingerprint density at radius 1 is 1.26 bits per heavy atom. The lowest BCUT2D eigenvalue weighted by atomic mass is 10.3. The average molecular weight is 338 g/mol. The van der Waals surface area contributed by atoms with Crippen LogP contribution in [0.2, 0.25) is 0 Å². The molecule has 3 nitrogen and oxygen atoms in total. The number of benzene rings is 2. The van der Waals surface area contributed by atoms with Crippen molar-refractivity contribution < 1.29 is 4.39 Å². The molecule has 96 valence electrons. The minimum absolute atomic E-state index is 0.326. The van der Waals surface area contributed by atoms with Gasteiger partial charge in [0.2, 0.25) is 0 Å². The molecule has 3 aromatic rings. The number of hydrogen-bond acceptors (Lipinski definition) is 4. The van der Waals surface area contributed by atoms with Gasteiger partial charge in [-0.15, -0.1) is 0 Å². The van der Waals surface area contributed by atoms with Crippen molar-refractivity contribution >= 4 is 54.0 Å². The summed E-state index contributed by atoms with van der Waals surface area (Å²) in [5.74, 6) is -0.326. The molecule has 2 aromatic carbocycles. The number of halogens is 2. The molecule has 0 saturated carbocycles. The van der Waals surface area contributed by atoms with Crippen molar-refractivity contribution in [3.63, 3.8) is 0 Å². The van der Waals surface area contributed by atoms with Crippen LogP contribution in [0.1, 0.15) is 0 Å². The zero-order chi connectivity index (χ0) is 13.4. The van der Waals surface area contributed by atoms with Crippen molar-refractivity contribution in [3.8, 4) is 0 Å². The summed E-state index contributed by atoms with van der Waals surface area (Å²) in [6, 6.07) is 10.3. The SMILES string of the molecule is Nc1ccc2nc(Nc3c(F)cccc3Br)sc2c1. The van der Waals surface area contributed by atoms with E-state index in [9.17, 15) is 4.39 Å². The first-order chi connectivity index (χ1) is 9.13. The molecule has 0 aliphatic rings. The summed E-state index contributed by atoms with van der Waals surface area (Å²) in [5.41, 5.74) is 7.64. The van der Waals surface area contributed by atoms with Crippen LogP contribution in [0, 0.1) is 5.82 Å². The van der Waals surface area contributed by atoms with Crippen molar-refractivity contribution in [1.82, 2.24) is 4.98 Å². The number of hydrogen-bond donors (Lipinski definition) is 2. The van der Waals surface area contributed by atoms with Gasteiger partial charge in [-0.3, -0.25) is 0 Å². The molecule has 0 spiro atoms. The lowest BCUT2D eigenvalue weighted by Crippen LogP contribution is -1.93. The normalized spacial score (nSPS) is 10.8. The summed E-state index contributed by atoms with van der Waals surface area (Å²) >= 11 is 4.75. The van der Waals surface area contributed by atoms with Gasteiger partial charge in [-0.05, 0) is 46.3 Å². The molecule has 3 rings (SSSR count). The smallest absolute Gasteiger partial charge is 0.188 e. The largest absolute Gasteiger partial charge is 0.399 e. The molecule has 1 aromatic heterocycles. The maximum absolute atomic E-state index is 13.7. The Balaban J connectivity index is 2.01. The maximum Gasteiger partial charge on any atom is 0.188 e. The van der Waals surface area contributed by atoms with Gasteiger partial charge in [0.05, 0.1) is 15.9 Å². The van der Waals surface area contributed by atoms with Gasteiger partial charge in [0, 0.05) is 10.2 Å². The highest BCUT2D eigenvalue weighted by Crippen LogP contribution is 2.33. The first kappa shape index (κ1) is 12.4. The summed E-state index contributed by atoms with van der Waals surface area (Å²) in [7, 11) is 0. The topological polar surface area (TPSA) is 50.9 Å². The van der Waals surface area contributed by atoms with Gasteiger partial charge in [-0.2, -0.15) is 0 Å². The minimum atomic E-state index is -0.326. The summed E-state index contributed by atoms with van der Waals surface area (Å²) in [6.07, 6.45) is 0. The lowest BCUT2D eigenvalue weighted by molar-refractivity contribution is 0.631. The first-order valence-electron chi connectivity index (χ1n) is 5.50. The van der Waals surface area contributed by atoms with Crippen molar-refractivity contribution in [3.05, 3.63) is 46.7 Å². The second-order valence-electron chi connectivity index (χ2n) is 3.97. The Kier molecular flexibility index (Phi) is 3.12. The van der Waals surface area contributed by atoms with E-state index in [2.05, 4.69) is 26.2 Å². The van der Waals surface area contributed by atoms with Crippen molar-refractivity contribution in [2.45, 2.75) is 0 Å². The van der Waals surface area contributed by atoms with Crippen LogP contribution in [-0.2, 0) is 0 Å². The van der Waals surface area contributed by atoms with E-state index in [1.807, 2.05) is 12.1 Å². The Morgan fingerprint density at radius 2 is 2.11 bits per heavy atom. The second-order valence-corrected chi connectivity index (χ2v) is 5.85. The van der Waals surface area contributed by atoms with Gasteiger partial charge in [-0.25, -0.2) is 9.37 Å². The summed E-state index contributed by atoms with van der Waals surface area (Å²) < 4.78 is 15.3. The third-order valence-electron chi connectivity index (χ3n) is 2.61. The molecular weight excluding hydrogens is 329 g/mol. The third-order valence-corrected chi connectivity index (χ3v) is 4.20. The van der Waals surface area contributed by atoms with Crippen LogP contribution in [0.3, 0.4) is 0 Å². The van der Waals surface area contributed by atoms with Crippen LogP contribution in [0.25, 0.3) is 10.2 Å². The Hall–Kier alpha value is -1.66. The second kappa shape index (κ2) is 4.79. The summed E-state index contributed by atoms with van der Waals surface area (Å²) in [4.78, 5) is 4.40. The molecule has 0 unspecified atom stereocenters. The molecule has 3 N–H and O–H groups in total. The number of nitrogens with zero attached hydrogens (tertiary/aromatic N) is 1. The molecule has 0 aliphatic heterocycles. The fourth-order valence-electron chi connectivity index (χ4n) is 1.72. The molecule has 0 radical (unpaired) electrons. The predicted octanol–water partition coefficient (Wildman–Crippen LogP) is 4.52. The average Bonchev–Trinajstić information content (AvgIpc) is 2.75. The lowest BCUT2D eigenvalue weighted by Gasteiger charge is -2.05. The molecule has 6 heteroatoms. The Bertz CT molecular complexity index is 736. The van der Waals surface area contributed by atoms with E-state index in [0.29, 0.717) is 21.0 Å². The molecular formula is C13H9BrFN3S. The van der Waals surface area contributed by atoms with Crippen LogP contribution in [0.5, 0.6) is 0 Å². The molecule has 0 saturated heterocycles. The number of thiazole rings is 1. The minimum Gasteiger partial charge on any atom is -0.399 e. The zero-order valence-electron chi connectivity index (χ0n) is 9.65. The van der Waals surface area contributed by atoms with E-state index in [0.717, 1.165) is 10.2 Å². The van der Waals surface area contributed by atoms with E-state index in [1.165, 1.54) is 17.4 Å². The third kappa shape index (κ3) is 2.41. The van der Waals surface area contributed by atoms with E-state index in [-0.39, 0.29) is 5.82 Å². The highest BCUT2D eigenvalue weighted by atomic mass is 79.9. The van der Waals surface area contributed by atoms with Crippen LogP contribution in [-0.4, -0.2) is 4.98 Å². The van der Waals surface area contributed by atoms with E-state index >= 15 is 0 Å². The van der Waals surface area contributed by atoms with Crippen LogP contribution in [0.15, 0.2) is 40.9 Å². The molecule has 0 fully saturated rings. The van der Waals surface area contributed by atoms with Gasteiger partial charge >= 0.3 is 0 Å². The molecule has 19 heavy (non-hydrogen) atoms. The van der Waals surface area contributed by atoms with Gasteiger partial charge in [0.1, 0.15) is 5.82 Å². The highest BCUT2D eigenvalue weighted by molar-refractivity contribution is 9.10. The molecule has 0 amide bonds. The number of fused-ring (bicyclic) bond motifs is 1. The number of nitrogen functional groups attached to an aromatic ring is 1. The van der Waals surface area contributed by atoms with Gasteiger partial charge in [-0.1, -0.05) is 17.4 Å². The number of nitrogens with two attached hydrogens (primary N) is 1. The van der Waals surface area contributed by atoms with Crippen LogP contribution >= 0.6 is 27.3 Å². The predicted molar refractivity (Wildman–Crippen MR) is 81.4 cm³/mol. The standard InChI is InChI=1S/C13H9BrFN3S/c14-8-2-1-3-9(15)12(8)18-13-17-10-5-4-7(16)6-11(10)19-13/h1-6H,16H2,(H,17,18). The fraction of sp³-hybridized carbons (Fsp3) is 0. The first-order valence-corrected chi connectivity index (χ1v) is 7.11. The number of rotatable bonds is 2. The fourth-order valence-corrected chi connectivity index (χ4v) is 3.08. The molecule has 0 atom stereocenters. The quantitative estimate of drug-likeness (QED) is 0.675. The summed E-state index contributed by atoms with van der Waals surface area (Å²) in [6.45, 7) is 0. The van der Waals surface area contributed by atoms with E-state index < -0.39 is 0 Å². The highest BCUT2D eigenvalue weighted by Gasteiger charge is 2.10. The Morgan fingerprint density at radius 3 is 2.89 bits per heavy atom. The van der Waals surface area contributed by atoms with E-state index in [1.54, 1.807) is 18.2 Å². The number of nitrogens with one attached hydrogen (secondary N) is 1. The molecule has 0 bridgehead atoms. The van der Waals surface area contributed by atoms with Gasteiger partial charge < -0.3 is 11.1 Å². The maximum atomic E-state index is 13.7. The molecule has 1 heterocycles. The van der Waals surface area contributed by atoms with Crippen LogP contribution < -0.4 is 11.1 Å². The van der Waals surface area contributed by atoms with E-state index in [4.69, 9.17) is 5.73 Å². The Labute approximate surface area is 121 Å². The molecule has 0 aliphatic carbocycles. The van der Waals surface area contributed by atoms with Crippen molar-refractivity contribution in [2.75, 3.05) is 11.1 Å². The van der Waals surface area contributed by atoms with Crippen molar-refractivity contribution in [1.29, 1.82) is 0 Å². The zero-order valence-corrected chi connectivity index (χ0v) is 12.1. The monoisotopic (exact) mass is 337 g/mol. The number of aromatic nitrogens is 1. The van der Waals surface area contributed by atoms with Crippen LogP contribution in [0.4, 0.5) is 20.9 Å². The van der Waals surface area contributed by atoms with Gasteiger partial charge in [0.15, 0.2) is 5.13 Å². The number of para-hydroxylation sites is 1. The van der Waals surface area contributed by atoms with Gasteiger partial charge in [0.25, 0.3) is 0 Å². The van der Waals surface area contributed by atoms with Crippen molar-refractivity contribution in [2.24, 2.45) is 0 Å².